The number of hydrogen-bond acceptors (Lipinski definition) is 4. The molecule has 1 heterocycles. The Bertz CT molecular complexity index is 439. The van der Waals surface area contributed by atoms with E-state index in [4.69, 9.17) is 9.47 Å². The Kier molecular flexibility index (Phi) is 3.42. The number of hydrogen-bond donors (Lipinski definition) is 0. The van der Waals surface area contributed by atoms with E-state index >= 15 is 0 Å². The van der Waals surface area contributed by atoms with Crippen LogP contribution >= 0.6 is 0 Å². The van der Waals surface area contributed by atoms with Crippen LogP contribution in [0, 0.1) is 0 Å². The van der Waals surface area contributed by atoms with Crippen LogP contribution in [0.1, 0.15) is 41.8 Å². The smallest absolute Gasteiger partial charge is 0.339 e. The van der Waals surface area contributed by atoms with Crippen molar-refractivity contribution in [3.8, 4) is 0 Å². The Morgan fingerprint density at radius 2 is 2.18 bits per heavy atom. The molecule has 1 aromatic carbocycles. The molecule has 17 heavy (non-hydrogen) atoms. The fourth-order valence-corrected chi connectivity index (χ4v) is 1.79. The van der Waals surface area contributed by atoms with Crippen molar-refractivity contribution in [3.05, 3.63) is 35.4 Å². The first kappa shape index (κ1) is 11.6. The molecule has 2 rings (SSSR count). The average Bonchev–Trinajstić information content (AvgIpc) is 2.65. The van der Waals surface area contributed by atoms with Gasteiger partial charge in [-0.15, -0.1) is 0 Å². The quantitative estimate of drug-likeness (QED) is 0.750. The molecule has 4 nitrogen and oxygen atoms in total. The van der Waals surface area contributed by atoms with Crippen LogP contribution < -0.4 is 0 Å². The third kappa shape index (κ3) is 2.46. The molecule has 1 aliphatic rings. The van der Waals surface area contributed by atoms with Gasteiger partial charge in [-0.3, -0.25) is 4.79 Å². The Balaban J connectivity index is 2.00. The number of rotatable bonds is 4. The highest BCUT2D eigenvalue weighted by Crippen LogP contribution is 2.30. The number of benzene rings is 1. The predicted octanol–water partition coefficient (Wildman–Crippen LogP) is 2.24. The van der Waals surface area contributed by atoms with E-state index in [1.807, 2.05) is 19.1 Å². The van der Waals surface area contributed by atoms with Crippen LogP contribution in [0.25, 0.3) is 0 Å². The van der Waals surface area contributed by atoms with Crippen molar-refractivity contribution >= 4 is 11.9 Å². The first-order valence-corrected chi connectivity index (χ1v) is 5.68. The number of ether oxygens (including phenoxy) is 2. The summed E-state index contributed by atoms with van der Waals surface area (Å²) in [6, 6.07) is 7.15. The average molecular weight is 234 g/mol. The van der Waals surface area contributed by atoms with Crippen molar-refractivity contribution in [2.45, 2.75) is 25.9 Å². The van der Waals surface area contributed by atoms with Gasteiger partial charge < -0.3 is 9.47 Å². The number of esters is 2. The molecule has 0 saturated heterocycles. The maximum Gasteiger partial charge on any atom is 0.339 e. The Morgan fingerprint density at radius 3 is 2.94 bits per heavy atom. The molecule has 0 bridgehead atoms. The summed E-state index contributed by atoms with van der Waals surface area (Å²) in [5.74, 6) is -0.606. The van der Waals surface area contributed by atoms with Crippen molar-refractivity contribution in [2.75, 3.05) is 6.61 Å². The van der Waals surface area contributed by atoms with Crippen molar-refractivity contribution in [3.63, 3.8) is 0 Å². The minimum absolute atomic E-state index is 0.0988. The van der Waals surface area contributed by atoms with Crippen LogP contribution in [0.15, 0.2) is 24.3 Å². The van der Waals surface area contributed by atoms with Gasteiger partial charge in [-0.1, -0.05) is 25.1 Å². The first-order valence-electron chi connectivity index (χ1n) is 5.68. The summed E-state index contributed by atoms with van der Waals surface area (Å²) in [4.78, 5) is 22.7. The molecule has 90 valence electrons. The van der Waals surface area contributed by atoms with E-state index < -0.39 is 6.10 Å². The van der Waals surface area contributed by atoms with Crippen LogP contribution in [0.5, 0.6) is 0 Å². The molecule has 0 radical (unpaired) electrons. The highest BCUT2D eigenvalue weighted by molar-refractivity contribution is 5.94. The van der Waals surface area contributed by atoms with E-state index in [9.17, 15) is 9.59 Å². The second-order valence-corrected chi connectivity index (χ2v) is 3.91. The molecule has 1 unspecified atom stereocenters. The van der Waals surface area contributed by atoms with E-state index in [0.29, 0.717) is 12.0 Å². The molecule has 0 N–H and O–H groups in total. The van der Waals surface area contributed by atoms with Crippen molar-refractivity contribution in [2.24, 2.45) is 0 Å². The lowest BCUT2D eigenvalue weighted by Gasteiger charge is -2.10. The molecule has 1 atom stereocenters. The number of cyclic esters (lactones) is 1. The normalized spacial score (nSPS) is 17.5. The summed E-state index contributed by atoms with van der Waals surface area (Å²) in [5, 5.41) is 0. The lowest BCUT2D eigenvalue weighted by atomic mass is 10.1. The topological polar surface area (TPSA) is 52.6 Å². The first-order chi connectivity index (χ1) is 8.22. The third-order valence-corrected chi connectivity index (χ3v) is 2.63. The molecule has 0 spiro atoms. The molecule has 1 aliphatic heterocycles. The number of fused-ring (bicyclic) bond motifs is 1. The van der Waals surface area contributed by atoms with Gasteiger partial charge in [0.05, 0.1) is 5.56 Å². The van der Waals surface area contributed by atoms with Gasteiger partial charge in [0.1, 0.15) is 6.61 Å². The monoisotopic (exact) mass is 234 g/mol. The summed E-state index contributed by atoms with van der Waals surface area (Å²) in [6.07, 6.45) is 0.682. The van der Waals surface area contributed by atoms with Gasteiger partial charge in [0.2, 0.25) is 0 Å². The third-order valence-electron chi connectivity index (χ3n) is 2.63. The van der Waals surface area contributed by atoms with E-state index in [2.05, 4.69) is 0 Å². The Labute approximate surface area is 99.5 Å². The van der Waals surface area contributed by atoms with Gasteiger partial charge in [0.15, 0.2) is 6.10 Å². The number of carbonyl (C=O) groups is 2. The van der Waals surface area contributed by atoms with E-state index in [1.165, 1.54) is 0 Å². The molecular formula is C13H14O4. The van der Waals surface area contributed by atoms with Gasteiger partial charge in [0, 0.05) is 12.0 Å². The molecule has 0 saturated carbocycles. The minimum atomic E-state index is -0.459. The Hall–Kier alpha value is -1.84. The van der Waals surface area contributed by atoms with Crippen LogP contribution in [0.2, 0.25) is 0 Å². The van der Waals surface area contributed by atoms with E-state index in [1.54, 1.807) is 12.1 Å². The SMILES string of the molecule is CCCC(=O)OCC1OC(=O)c2ccccc21. The van der Waals surface area contributed by atoms with Crippen LogP contribution in [0.4, 0.5) is 0 Å². The molecule has 0 aromatic heterocycles. The standard InChI is InChI=1S/C13H14O4/c1-2-5-12(14)16-8-11-9-6-3-4-7-10(9)13(15)17-11/h3-4,6-7,11H,2,5,8H2,1H3. The Morgan fingerprint density at radius 1 is 1.41 bits per heavy atom. The van der Waals surface area contributed by atoms with Crippen LogP contribution in [-0.2, 0) is 14.3 Å². The zero-order valence-corrected chi connectivity index (χ0v) is 9.64. The molecule has 0 fully saturated rings. The summed E-state index contributed by atoms with van der Waals surface area (Å²) in [5.41, 5.74) is 1.35. The lowest BCUT2D eigenvalue weighted by Crippen LogP contribution is -2.12. The van der Waals surface area contributed by atoms with Crippen molar-refractivity contribution in [1.29, 1.82) is 0 Å². The van der Waals surface area contributed by atoms with Gasteiger partial charge in [-0.2, -0.15) is 0 Å². The van der Waals surface area contributed by atoms with Crippen molar-refractivity contribution in [1.82, 2.24) is 0 Å². The highest BCUT2D eigenvalue weighted by Gasteiger charge is 2.31. The van der Waals surface area contributed by atoms with Crippen LogP contribution in [0.3, 0.4) is 0 Å². The zero-order valence-electron chi connectivity index (χ0n) is 9.64. The summed E-state index contributed by atoms with van der Waals surface area (Å²) in [6.45, 7) is 2.01. The molecular weight excluding hydrogens is 220 g/mol. The predicted molar refractivity (Wildman–Crippen MR) is 60.5 cm³/mol. The van der Waals surface area contributed by atoms with Gasteiger partial charge in [-0.25, -0.2) is 4.79 Å². The second kappa shape index (κ2) is 4.99. The van der Waals surface area contributed by atoms with Crippen molar-refractivity contribution < 1.29 is 19.1 Å². The fraction of sp³-hybridized carbons (Fsp3) is 0.385. The maximum absolute atomic E-state index is 11.5. The van der Waals surface area contributed by atoms with E-state index in [-0.39, 0.29) is 18.5 Å². The minimum Gasteiger partial charge on any atom is -0.461 e. The van der Waals surface area contributed by atoms with Crippen LogP contribution in [-0.4, -0.2) is 18.5 Å². The molecule has 1 aromatic rings. The van der Waals surface area contributed by atoms with Gasteiger partial charge in [-0.05, 0) is 12.5 Å². The molecule has 0 amide bonds. The summed E-state index contributed by atoms with van der Waals surface area (Å²) < 4.78 is 10.2. The molecule has 4 heteroatoms. The van der Waals surface area contributed by atoms with Gasteiger partial charge in [0.25, 0.3) is 0 Å². The zero-order chi connectivity index (χ0) is 12.3. The van der Waals surface area contributed by atoms with Gasteiger partial charge >= 0.3 is 11.9 Å². The number of carbonyl (C=O) groups excluding carboxylic acids is 2. The summed E-state index contributed by atoms with van der Waals surface area (Å²) >= 11 is 0. The maximum atomic E-state index is 11.5. The second-order valence-electron chi connectivity index (χ2n) is 3.91. The molecule has 0 aliphatic carbocycles. The summed E-state index contributed by atoms with van der Waals surface area (Å²) in [7, 11) is 0. The lowest BCUT2D eigenvalue weighted by molar-refractivity contribution is -0.146. The largest absolute Gasteiger partial charge is 0.461 e. The highest BCUT2D eigenvalue weighted by atomic mass is 16.6. The van der Waals surface area contributed by atoms with E-state index in [0.717, 1.165) is 12.0 Å². The fourth-order valence-electron chi connectivity index (χ4n) is 1.79.